The van der Waals surface area contributed by atoms with Crippen LogP contribution in [0.15, 0.2) is 77.7 Å². The number of carbonyl (C=O) groups excluding carboxylic acids is 1. The minimum absolute atomic E-state index is 0.0335. The van der Waals surface area contributed by atoms with Gasteiger partial charge in [-0.05, 0) is 42.5 Å². The van der Waals surface area contributed by atoms with Gasteiger partial charge < -0.3 is 14.8 Å². The molecule has 0 saturated carbocycles. The lowest BCUT2D eigenvalue weighted by Crippen LogP contribution is -2.38. The van der Waals surface area contributed by atoms with Crippen molar-refractivity contribution < 1.29 is 22.7 Å². The molecule has 162 valence electrons. The Balaban J connectivity index is 2.00. The van der Waals surface area contributed by atoms with Gasteiger partial charge >= 0.3 is 0 Å². The van der Waals surface area contributed by atoms with Gasteiger partial charge in [-0.2, -0.15) is 0 Å². The summed E-state index contributed by atoms with van der Waals surface area (Å²) in [5.74, 6) is 0.274. The Morgan fingerprint density at radius 3 is 2.39 bits per heavy atom. The van der Waals surface area contributed by atoms with Gasteiger partial charge in [0.25, 0.3) is 10.0 Å². The molecule has 0 aliphatic heterocycles. The number of carbonyl (C=O) groups is 1. The Hall–Kier alpha value is -3.23. The maximum atomic E-state index is 13.4. The van der Waals surface area contributed by atoms with E-state index >= 15 is 0 Å². The van der Waals surface area contributed by atoms with E-state index in [0.717, 1.165) is 4.31 Å². The van der Waals surface area contributed by atoms with Gasteiger partial charge in [-0.3, -0.25) is 9.10 Å². The molecule has 3 rings (SSSR count). The Morgan fingerprint density at radius 2 is 1.71 bits per heavy atom. The van der Waals surface area contributed by atoms with E-state index in [2.05, 4.69) is 5.32 Å². The molecule has 9 heteroatoms. The summed E-state index contributed by atoms with van der Waals surface area (Å²) in [5.41, 5.74) is 0.624. The van der Waals surface area contributed by atoms with E-state index in [9.17, 15) is 13.2 Å². The molecule has 0 radical (unpaired) electrons. The van der Waals surface area contributed by atoms with E-state index in [0.29, 0.717) is 16.5 Å². The molecule has 3 aromatic carbocycles. The Morgan fingerprint density at radius 1 is 0.968 bits per heavy atom. The number of benzene rings is 3. The summed E-state index contributed by atoms with van der Waals surface area (Å²) < 4.78 is 38.3. The van der Waals surface area contributed by atoms with E-state index in [-0.39, 0.29) is 16.3 Å². The van der Waals surface area contributed by atoms with Gasteiger partial charge in [-0.25, -0.2) is 8.42 Å². The number of anilines is 2. The number of rotatable bonds is 8. The third kappa shape index (κ3) is 5.28. The summed E-state index contributed by atoms with van der Waals surface area (Å²) in [7, 11) is -1.17. The number of sulfonamides is 1. The molecule has 1 N–H and O–H groups in total. The molecule has 0 atom stereocenters. The minimum Gasteiger partial charge on any atom is -0.497 e. The molecule has 0 unspecified atom stereocenters. The number of methoxy groups -OCH3 is 2. The van der Waals surface area contributed by atoms with E-state index in [1.807, 2.05) is 0 Å². The van der Waals surface area contributed by atoms with Crippen molar-refractivity contribution in [3.8, 4) is 11.5 Å². The lowest BCUT2D eigenvalue weighted by molar-refractivity contribution is -0.114. The molecule has 0 saturated heterocycles. The van der Waals surface area contributed by atoms with Crippen molar-refractivity contribution >= 4 is 38.9 Å². The predicted octanol–water partition coefficient (Wildman–Crippen LogP) is 4.19. The molecule has 0 heterocycles. The van der Waals surface area contributed by atoms with E-state index in [1.165, 1.54) is 32.4 Å². The first kappa shape index (κ1) is 22.5. The van der Waals surface area contributed by atoms with Gasteiger partial charge in [0.05, 0.1) is 24.8 Å². The summed E-state index contributed by atoms with van der Waals surface area (Å²) in [6.07, 6.45) is 0. The molecule has 0 aliphatic carbocycles. The van der Waals surface area contributed by atoms with Crippen molar-refractivity contribution in [2.45, 2.75) is 4.90 Å². The molecular formula is C22H21ClN2O5S. The summed E-state index contributed by atoms with van der Waals surface area (Å²) in [6, 6.07) is 19.2. The summed E-state index contributed by atoms with van der Waals surface area (Å²) in [6.45, 7) is -0.495. The smallest absolute Gasteiger partial charge is 0.264 e. The summed E-state index contributed by atoms with van der Waals surface area (Å²) >= 11 is 6.12. The van der Waals surface area contributed by atoms with Gasteiger partial charge in [0.1, 0.15) is 18.0 Å². The van der Waals surface area contributed by atoms with Crippen LogP contribution in [0.2, 0.25) is 5.02 Å². The van der Waals surface area contributed by atoms with Crippen molar-refractivity contribution in [3.63, 3.8) is 0 Å². The van der Waals surface area contributed by atoms with Crippen LogP contribution in [0.3, 0.4) is 0 Å². The van der Waals surface area contributed by atoms with Crippen LogP contribution in [0, 0.1) is 0 Å². The summed E-state index contributed by atoms with van der Waals surface area (Å²) in [5, 5.41) is 3.00. The van der Waals surface area contributed by atoms with Crippen molar-refractivity contribution in [2.24, 2.45) is 0 Å². The lowest BCUT2D eigenvalue weighted by atomic mass is 10.2. The van der Waals surface area contributed by atoms with E-state index in [4.69, 9.17) is 21.1 Å². The van der Waals surface area contributed by atoms with Gasteiger partial charge in [-0.15, -0.1) is 0 Å². The number of amides is 1. The normalized spacial score (nSPS) is 10.9. The zero-order valence-electron chi connectivity index (χ0n) is 16.9. The average molecular weight is 461 g/mol. The van der Waals surface area contributed by atoms with Gasteiger partial charge in [0.2, 0.25) is 5.91 Å². The van der Waals surface area contributed by atoms with Crippen LogP contribution < -0.4 is 19.1 Å². The monoisotopic (exact) mass is 460 g/mol. The average Bonchev–Trinajstić information content (AvgIpc) is 2.78. The SMILES string of the molecule is COc1cccc(NC(=O)CN(c2cc(Cl)ccc2OC)S(=O)(=O)c2ccccc2)c1. The van der Waals surface area contributed by atoms with E-state index < -0.39 is 22.5 Å². The Bertz CT molecular complexity index is 1170. The molecule has 0 aromatic heterocycles. The second-order valence-electron chi connectivity index (χ2n) is 6.42. The van der Waals surface area contributed by atoms with Gasteiger partial charge in [0, 0.05) is 16.8 Å². The molecule has 0 spiro atoms. The Labute approximate surface area is 186 Å². The molecule has 3 aromatic rings. The topological polar surface area (TPSA) is 84.9 Å². The molecule has 31 heavy (non-hydrogen) atoms. The van der Waals surface area contributed by atoms with Crippen LogP contribution in [-0.2, 0) is 14.8 Å². The Kier molecular flexibility index (Phi) is 7.04. The standard InChI is InChI=1S/C22H21ClN2O5S/c1-29-18-8-6-7-17(14-18)24-22(26)15-25(20-13-16(23)11-12-21(20)30-2)31(27,28)19-9-4-3-5-10-19/h3-14H,15H2,1-2H3,(H,24,26). The third-order valence-corrected chi connectivity index (χ3v) is 6.39. The molecule has 0 bridgehead atoms. The third-order valence-electron chi connectivity index (χ3n) is 4.38. The zero-order chi connectivity index (χ0) is 22.4. The second kappa shape index (κ2) is 9.72. The van der Waals surface area contributed by atoms with Crippen molar-refractivity contribution in [1.82, 2.24) is 0 Å². The van der Waals surface area contributed by atoms with Gasteiger partial charge in [0.15, 0.2) is 0 Å². The first-order chi connectivity index (χ1) is 14.8. The van der Waals surface area contributed by atoms with Crippen LogP contribution in [0.4, 0.5) is 11.4 Å². The van der Waals surface area contributed by atoms with Crippen LogP contribution in [-0.4, -0.2) is 35.1 Å². The molecular weight excluding hydrogens is 440 g/mol. The highest BCUT2D eigenvalue weighted by Gasteiger charge is 2.29. The minimum atomic E-state index is -4.09. The van der Waals surface area contributed by atoms with Crippen molar-refractivity contribution in [1.29, 1.82) is 0 Å². The van der Waals surface area contributed by atoms with Crippen LogP contribution in [0.1, 0.15) is 0 Å². The highest BCUT2D eigenvalue weighted by molar-refractivity contribution is 7.92. The number of nitrogens with zero attached hydrogens (tertiary/aromatic N) is 1. The fourth-order valence-corrected chi connectivity index (χ4v) is 4.52. The first-order valence-corrected chi connectivity index (χ1v) is 11.0. The maximum absolute atomic E-state index is 13.4. The van der Waals surface area contributed by atoms with Crippen LogP contribution in [0.5, 0.6) is 11.5 Å². The highest BCUT2D eigenvalue weighted by atomic mass is 35.5. The highest BCUT2D eigenvalue weighted by Crippen LogP contribution is 2.34. The van der Waals surface area contributed by atoms with Crippen LogP contribution >= 0.6 is 11.6 Å². The second-order valence-corrected chi connectivity index (χ2v) is 8.72. The number of ether oxygens (including phenoxy) is 2. The first-order valence-electron chi connectivity index (χ1n) is 9.20. The number of halogens is 1. The molecule has 1 amide bonds. The zero-order valence-corrected chi connectivity index (χ0v) is 18.5. The summed E-state index contributed by atoms with van der Waals surface area (Å²) in [4.78, 5) is 12.9. The number of nitrogens with one attached hydrogen (secondary N) is 1. The van der Waals surface area contributed by atoms with Crippen molar-refractivity contribution in [2.75, 3.05) is 30.4 Å². The van der Waals surface area contributed by atoms with Crippen LogP contribution in [0.25, 0.3) is 0 Å². The van der Waals surface area contributed by atoms with E-state index in [1.54, 1.807) is 54.6 Å². The fourth-order valence-electron chi connectivity index (χ4n) is 2.91. The van der Waals surface area contributed by atoms with Crippen molar-refractivity contribution in [3.05, 3.63) is 77.8 Å². The molecule has 7 nitrogen and oxygen atoms in total. The maximum Gasteiger partial charge on any atom is 0.264 e. The quantitative estimate of drug-likeness (QED) is 0.544. The van der Waals surface area contributed by atoms with Gasteiger partial charge in [-0.1, -0.05) is 35.9 Å². The molecule has 0 aliphatic rings. The number of hydrogen-bond acceptors (Lipinski definition) is 5. The molecule has 0 fully saturated rings. The fraction of sp³-hybridized carbons (Fsp3) is 0.136. The lowest BCUT2D eigenvalue weighted by Gasteiger charge is -2.26. The number of hydrogen-bond donors (Lipinski definition) is 1. The predicted molar refractivity (Wildman–Crippen MR) is 121 cm³/mol. The largest absolute Gasteiger partial charge is 0.497 e.